The summed E-state index contributed by atoms with van der Waals surface area (Å²) in [4.78, 5) is 0. The molecule has 1 nitrogen and oxygen atoms in total. The van der Waals surface area contributed by atoms with E-state index in [1.807, 2.05) is 0 Å². The maximum absolute atomic E-state index is 13.7. The first-order valence-electron chi connectivity index (χ1n) is 6.00. The summed E-state index contributed by atoms with van der Waals surface area (Å²) in [7, 11) is 0. The highest BCUT2D eigenvalue weighted by molar-refractivity contribution is 5.25. The zero-order valence-electron chi connectivity index (χ0n) is 9.91. The van der Waals surface area contributed by atoms with Crippen LogP contribution in [-0.4, -0.2) is 5.11 Å². The molecule has 1 N–H and O–H groups in total. The molecule has 0 amide bonds. The maximum Gasteiger partial charge on any atom is 0.129 e. The van der Waals surface area contributed by atoms with E-state index in [-0.39, 0.29) is 5.82 Å². The first-order chi connectivity index (χ1) is 7.53. The van der Waals surface area contributed by atoms with E-state index in [4.69, 9.17) is 0 Å². The first-order valence-corrected chi connectivity index (χ1v) is 6.00. The minimum Gasteiger partial charge on any atom is -0.385 e. The van der Waals surface area contributed by atoms with Gasteiger partial charge in [0.25, 0.3) is 0 Å². The molecule has 16 heavy (non-hydrogen) atoms. The Labute approximate surface area is 96.3 Å². The normalized spacial score (nSPS) is 35.0. The second kappa shape index (κ2) is 4.17. The fourth-order valence-corrected chi connectivity index (χ4v) is 2.67. The van der Waals surface area contributed by atoms with Gasteiger partial charge in [-0.2, -0.15) is 0 Å². The molecule has 0 heterocycles. The van der Waals surface area contributed by atoms with Crippen LogP contribution in [0, 0.1) is 17.7 Å². The second-order valence-electron chi connectivity index (χ2n) is 5.21. The Morgan fingerprint density at radius 3 is 2.56 bits per heavy atom. The van der Waals surface area contributed by atoms with Crippen molar-refractivity contribution in [2.24, 2.45) is 11.8 Å². The lowest BCUT2D eigenvalue weighted by Gasteiger charge is -2.39. The molecule has 2 rings (SSSR count). The van der Waals surface area contributed by atoms with Gasteiger partial charge in [-0.3, -0.25) is 0 Å². The van der Waals surface area contributed by atoms with Crippen molar-refractivity contribution >= 4 is 0 Å². The second-order valence-corrected chi connectivity index (χ2v) is 5.21. The lowest BCUT2D eigenvalue weighted by atomic mass is 9.70. The van der Waals surface area contributed by atoms with Crippen molar-refractivity contribution < 1.29 is 9.50 Å². The van der Waals surface area contributed by atoms with Gasteiger partial charge in [0.05, 0.1) is 5.60 Å². The SMILES string of the molecule is CC1CCC(O)(c2ccccc2F)CC1C. The highest BCUT2D eigenvalue weighted by Gasteiger charge is 2.38. The van der Waals surface area contributed by atoms with Gasteiger partial charge >= 0.3 is 0 Å². The van der Waals surface area contributed by atoms with Gasteiger partial charge in [-0.25, -0.2) is 4.39 Å². The lowest BCUT2D eigenvalue weighted by Crippen LogP contribution is -2.36. The van der Waals surface area contributed by atoms with Crippen LogP contribution in [0.2, 0.25) is 0 Å². The van der Waals surface area contributed by atoms with Crippen LogP contribution in [0.5, 0.6) is 0 Å². The largest absolute Gasteiger partial charge is 0.385 e. The molecule has 0 aromatic heterocycles. The van der Waals surface area contributed by atoms with Gasteiger partial charge in [0.15, 0.2) is 0 Å². The summed E-state index contributed by atoms with van der Waals surface area (Å²) in [6.07, 6.45) is 2.29. The van der Waals surface area contributed by atoms with Crippen LogP contribution in [0.15, 0.2) is 24.3 Å². The highest BCUT2D eigenvalue weighted by Crippen LogP contribution is 2.42. The van der Waals surface area contributed by atoms with Crippen LogP contribution in [0.1, 0.15) is 38.7 Å². The van der Waals surface area contributed by atoms with Gasteiger partial charge < -0.3 is 5.11 Å². The summed E-state index contributed by atoms with van der Waals surface area (Å²) in [5.74, 6) is 0.775. The van der Waals surface area contributed by atoms with E-state index in [0.717, 1.165) is 6.42 Å². The number of aliphatic hydroxyl groups is 1. The molecule has 1 saturated carbocycles. The molecule has 2 heteroatoms. The predicted molar refractivity (Wildman–Crippen MR) is 62.5 cm³/mol. The van der Waals surface area contributed by atoms with Gasteiger partial charge in [0.1, 0.15) is 5.82 Å². The van der Waals surface area contributed by atoms with Gasteiger partial charge in [0, 0.05) is 5.56 Å². The fourth-order valence-electron chi connectivity index (χ4n) is 2.67. The van der Waals surface area contributed by atoms with Crippen LogP contribution in [-0.2, 0) is 5.60 Å². The number of rotatable bonds is 1. The van der Waals surface area contributed by atoms with Crippen LogP contribution in [0.4, 0.5) is 4.39 Å². The molecule has 0 radical (unpaired) electrons. The van der Waals surface area contributed by atoms with Crippen molar-refractivity contribution in [3.63, 3.8) is 0 Å². The minimum absolute atomic E-state index is 0.285. The molecule has 1 aliphatic carbocycles. The summed E-state index contributed by atoms with van der Waals surface area (Å²) in [5, 5.41) is 10.6. The van der Waals surface area contributed by atoms with Gasteiger partial charge in [0.2, 0.25) is 0 Å². The molecule has 0 spiro atoms. The Hall–Kier alpha value is -0.890. The number of halogens is 1. The van der Waals surface area contributed by atoms with Crippen molar-refractivity contribution in [2.75, 3.05) is 0 Å². The highest BCUT2D eigenvalue weighted by atomic mass is 19.1. The summed E-state index contributed by atoms with van der Waals surface area (Å²) in [6, 6.07) is 6.59. The molecule has 88 valence electrons. The third-order valence-corrected chi connectivity index (χ3v) is 4.02. The van der Waals surface area contributed by atoms with E-state index in [1.54, 1.807) is 18.2 Å². The molecule has 1 aromatic carbocycles. The molecule has 3 atom stereocenters. The Morgan fingerprint density at radius 2 is 1.94 bits per heavy atom. The average Bonchev–Trinajstić information content (AvgIpc) is 2.25. The van der Waals surface area contributed by atoms with Crippen molar-refractivity contribution in [1.29, 1.82) is 0 Å². The van der Waals surface area contributed by atoms with Crippen LogP contribution in [0.3, 0.4) is 0 Å². The van der Waals surface area contributed by atoms with Gasteiger partial charge in [-0.1, -0.05) is 32.0 Å². The Kier molecular flexibility index (Phi) is 3.02. The molecule has 0 aliphatic heterocycles. The van der Waals surface area contributed by atoms with Crippen LogP contribution in [0.25, 0.3) is 0 Å². The molecule has 3 unspecified atom stereocenters. The minimum atomic E-state index is -0.961. The zero-order valence-corrected chi connectivity index (χ0v) is 9.91. The maximum atomic E-state index is 13.7. The Morgan fingerprint density at radius 1 is 1.25 bits per heavy atom. The monoisotopic (exact) mass is 222 g/mol. The first kappa shape index (κ1) is 11.6. The smallest absolute Gasteiger partial charge is 0.129 e. The number of hydrogen-bond acceptors (Lipinski definition) is 1. The Balaban J connectivity index is 2.29. The summed E-state index contributed by atoms with van der Waals surface area (Å²) in [6.45, 7) is 4.33. The summed E-state index contributed by atoms with van der Waals surface area (Å²) >= 11 is 0. The lowest BCUT2D eigenvalue weighted by molar-refractivity contribution is -0.0361. The van der Waals surface area contributed by atoms with Gasteiger partial charge in [-0.05, 0) is 37.2 Å². The summed E-state index contributed by atoms with van der Waals surface area (Å²) < 4.78 is 13.7. The third-order valence-electron chi connectivity index (χ3n) is 4.02. The molecular weight excluding hydrogens is 203 g/mol. The van der Waals surface area contributed by atoms with Gasteiger partial charge in [-0.15, -0.1) is 0 Å². The molecule has 0 saturated heterocycles. The molecule has 1 aromatic rings. The van der Waals surface area contributed by atoms with Crippen molar-refractivity contribution in [3.8, 4) is 0 Å². The number of benzene rings is 1. The fraction of sp³-hybridized carbons (Fsp3) is 0.571. The van der Waals surface area contributed by atoms with Crippen LogP contribution >= 0.6 is 0 Å². The van der Waals surface area contributed by atoms with Crippen molar-refractivity contribution in [3.05, 3.63) is 35.6 Å². The third kappa shape index (κ3) is 1.99. The van der Waals surface area contributed by atoms with E-state index in [1.165, 1.54) is 6.07 Å². The topological polar surface area (TPSA) is 20.2 Å². The zero-order chi connectivity index (χ0) is 11.8. The van der Waals surface area contributed by atoms with E-state index < -0.39 is 5.60 Å². The number of hydrogen-bond donors (Lipinski definition) is 1. The van der Waals surface area contributed by atoms with E-state index in [9.17, 15) is 9.50 Å². The van der Waals surface area contributed by atoms with E-state index >= 15 is 0 Å². The average molecular weight is 222 g/mol. The molecule has 0 bridgehead atoms. The standard InChI is InChI=1S/C14H19FO/c1-10-7-8-14(16,9-11(10)2)12-5-3-4-6-13(12)15/h3-6,10-11,16H,7-9H2,1-2H3. The molecular formula is C14H19FO. The Bertz CT molecular complexity index is 377. The summed E-state index contributed by atoms with van der Waals surface area (Å²) in [5.41, 5.74) is -0.495. The molecule has 1 aliphatic rings. The molecule has 1 fully saturated rings. The van der Waals surface area contributed by atoms with Crippen molar-refractivity contribution in [2.45, 2.75) is 38.7 Å². The van der Waals surface area contributed by atoms with Crippen molar-refractivity contribution in [1.82, 2.24) is 0 Å². The van der Waals surface area contributed by atoms with E-state index in [0.29, 0.717) is 30.2 Å². The quantitative estimate of drug-likeness (QED) is 0.771. The predicted octanol–water partition coefficient (Wildman–Crippen LogP) is 3.47. The van der Waals surface area contributed by atoms with E-state index in [2.05, 4.69) is 13.8 Å². The van der Waals surface area contributed by atoms with Crippen LogP contribution < -0.4 is 0 Å².